The molecule has 2 N–H and O–H groups in total. The highest BCUT2D eigenvalue weighted by Gasteiger charge is 2.20. The lowest BCUT2D eigenvalue weighted by atomic mass is 9.88. The summed E-state index contributed by atoms with van der Waals surface area (Å²) in [5, 5.41) is 18.7. The van der Waals surface area contributed by atoms with Crippen molar-refractivity contribution in [3.05, 3.63) is 69.9 Å². The summed E-state index contributed by atoms with van der Waals surface area (Å²) >= 11 is 0. The number of carboxylic acids is 2. The third-order valence-electron chi connectivity index (χ3n) is 5.32. The Morgan fingerprint density at radius 3 is 2.13 bits per heavy atom. The fraction of sp³-hybridized carbons (Fsp3) is 0.320. The zero-order valence-electron chi connectivity index (χ0n) is 17.6. The van der Waals surface area contributed by atoms with E-state index in [-0.39, 0.29) is 30.1 Å². The molecule has 0 fully saturated rings. The third-order valence-corrected chi connectivity index (χ3v) is 5.32. The minimum absolute atomic E-state index is 0.0108. The van der Waals surface area contributed by atoms with E-state index in [1.807, 2.05) is 50.2 Å². The fourth-order valence-electron chi connectivity index (χ4n) is 3.94. The van der Waals surface area contributed by atoms with Gasteiger partial charge in [-0.15, -0.1) is 0 Å². The quantitative estimate of drug-likeness (QED) is 0.515. The molecule has 0 aliphatic heterocycles. The van der Waals surface area contributed by atoms with Crippen molar-refractivity contribution in [3.8, 4) is 11.3 Å². The van der Waals surface area contributed by atoms with Crippen molar-refractivity contribution >= 4 is 22.9 Å². The van der Waals surface area contributed by atoms with Gasteiger partial charge in [-0.1, -0.05) is 50.2 Å². The predicted octanol–water partition coefficient (Wildman–Crippen LogP) is 4.77. The van der Waals surface area contributed by atoms with Crippen LogP contribution in [-0.2, 0) is 22.4 Å². The molecule has 0 radical (unpaired) electrons. The number of hydrogen-bond acceptors (Lipinski definition) is 4. The summed E-state index contributed by atoms with van der Waals surface area (Å²) in [4.78, 5) is 35.2. The van der Waals surface area contributed by atoms with Crippen molar-refractivity contribution in [2.45, 2.75) is 39.5 Å². The molecule has 6 heteroatoms. The Morgan fingerprint density at radius 1 is 0.903 bits per heavy atom. The first kappa shape index (κ1) is 22.3. The number of aliphatic carboxylic acids is 2. The summed E-state index contributed by atoms with van der Waals surface area (Å²) in [5.41, 5.74) is 2.71. The first-order valence-corrected chi connectivity index (χ1v) is 10.3. The average Bonchev–Trinajstić information content (AvgIpc) is 2.69. The normalized spacial score (nSPS) is 13.1. The molecule has 0 aliphatic carbocycles. The van der Waals surface area contributed by atoms with Crippen molar-refractivity contribution in [1.29, 1.82) is 0 Å². The van der Waals surface area contributed by atoms with Gasteiger partial charge in [0.2, 0.25) is 0 Å². The number of hydrogen-bond donors (Lipinski definition) is 2. The molecule has 0 aliphatic rings. The molecule has 0 saturated carbocycles. The van der Waals surface area contributed by atoms with Crippen LogP contribution in [0.3, 0.4) is 0 Å². The molecule has 162 valence electrons. The highest BCUT2D eigenvalue weighted by Crippen LogP contribution is 2.30. The monoisotopic (exact) mass is 422 g/mol. The van der Waals surface area contributed by atoms with Crippen LogP contribution >= 0.6 is 0 Å². The van der Waals surface area contributed by atoms with Crippen molar-refractivity contribution in [3.63, 3.8) is 0 Å². The van der Waals surface area contributed by atoms with Crippen LogP contribution in [0.15, 0.2) is 57.7 Å². The fourth-order valence-corrected chi connectivity index (χ4v) is 3.94. The summed E-state index contributed by atoms with van der Waals surface area (Å²) < 4.78 is 6.21. The summed E-state index contributed by atoms with van der Waals surface area (Å²) in [6.07, 6.45) is 0.926. The molecule has 2 aromatic carbocycles. The zero-order chi connectivity index (χ0) is 22.5. The smallest absolute Gasteiger partial charge is 0.303 e. The van der Waals surface area contributed by atoms with E-state index in [0.29, 0.717) is 29.6 Å². The van der Waals surface area contributed by atoms with Gasteiger partial charge >= 0.3 is 11.9 Å². The summed E-state index contributed by atoms with van der Waals surface area (Å²) in [5.74, 6) is -1.61. The second-order valence-corrected chi connectivity index (χ2v) is 8.24. The largest absolute Gasteiger partial charge is 0.481 e. The maximum absolute atomic E-state index is 12.8. The van der Waals surface area contributed by atoms with E-state index >= 15 is 0 Å². The summed E-state index contributed by atoms with van der Waals surface area (Å²) in [7, 11) is 0. The zero-order valence-corrected chi connectivity index (χ0v) is 17.6. The van der Waals surface area contributed by atoms with E-state index in [1.54, 1.807) is 6.07 Å². The summed E-state index contributed by atoms with van der Waals surface area (Å²) in [6, 6.07) is 14.3. The molecule has 3 rings (SSSR count). The van der Waals surface area contributed by atoms with Crippen LogP contribution in [-0.4, -0.2) is 22.2 Å². The standard InChI is InChI=1S/C25H26O6/c1-15(12-23(27)28)10-18-8-9-19-21(26)14-22(17-6-4-3-5-7-17)31-25(19)20(18)11-16(2)13-24(29)30/h3-9,14-16H,10-13H2,1-2H3,(H,27,28)(H,29,30). The van der Waals surface area contributed by atoms with Crippen molar-refractivity contribution in [2.75, 3.05) is 0 Å². The molecule has 31 heavy (non-hydrogen) atoms. The van der Waals surface area contributed by atoms with Crippen LogP contribution in [0, 0.1) is 11.8 Å². The van der Waals surface area contributed by atoms with E-state index in [0.717, 1.165) is 16.7 Å². The lowest BCUT2D eigenvalue weighted by molar-refractivity contribution is -0.139. The molecular weight excluding hydrogens is 396 g/mol. The van der Waals surface area contributed by atoms with E-state index < -0.39 is 11.9 Å². The number of rotatable bonds is 9. The Labute approximate surface area is 180 Å². The van der Waals surface area contributed by atoms with Crippen molar-refractivity contribution in [1.82, 2.24) is 0 Å². The van der Waals surface area contributed by atoms with Gasteiger partial charge in [0.1, 0.15) is 11.3 Å². The van der Waals surface area contributed by atoms with Crippen LogP contribution in [0.2, 0.25) is 0 Å². The van der Waals surface area contributed by atoms with Gasteiger partial charge in [0.15, 0.2) is 5.43 Å². The van der Waals surface area contributed by atoms with E-state index in [9.17, 15) is 19.5 Å². The number of fused-ring (bicyclic) bond motifs is 1. The number of benzene rings is 2. The van der Waals surface area contributed by atoms with Gasteiger partial charge < -0.3 is 14.6 Å². The molecule has 2 unspecified atom stereocenters. The van der Waals surface area contributed by atoms with Crippen molar-refractivity contribution in [2.24, 2.45) is 11.8 Å². The average molecular weight is 422 g/mol. The maximum atomic E-state index is 12.8. The molecule has 0 amide bonds. The highest BCUT2D eigenvalue weighted by molar-refractivity contribution is 5.83. The number of carbonyl (C=O) groups is 2. The lowest BCUT2D eigenvalue weighted by Crippen LogP contribution is -2.13. The SMILES string of the molecule is CC(CC(=O)O)Cc1ccc2c(=O)cc(-c3ccccc3)oc2c1CC(C)CC(=O)O. The van der Waals surface area contributed by atoms with E-state index in [4.69, 9.17) is 9.52 Å². The molecule has 1 heterocycles. The molecule has 2 atom stereocenters. The molecule has 0 spiro atoms. The second kappa shape index (κ2) is 9.60. The third kappa shape index (κ3) is 5.60. The molecule has 1 aromatic heterocycles. The van der Waals surface area contributed by atoms with E-state index in [1.165, 1.54) is 6.07 Å². The van der Waals surface area contributed by atoms with Gasteiger partial charge in [0, 0.05) is 24.5 Å². The second-order valence-electron chi connectivity index (χ2n) is 8.24. The van der Waals surface area contributed by atoms with Crippen LogP contribution in [0.5, 0.6) is 0 Å². The Hall–Kier alpha value is -3.41. The topological polar surface area (TPSA) is 105 Å². The van der Waals surface area contributed by atoms with Crippen LogP contribution < -0.4 is 5.43 Å². The predicted molar refractivity (Wildman–Crippen MR) is 118 cm³/mol. The van der Waals surface area contributed by atoms with Gasteiger partial charge in [-0.2, -0.15) is 0 Å². The van der Waals surface area contributed by atoms with Crippen molar-refractivity contribution < 1.29 is 24.2 Å². The van der Waals surface area contributed by atoms with Crippen LogP contribution in [0.4, 0.5) is 0 Å². The van der Waals surface area contributed by atoms with Gasteiger partial charge in [-0.3, -0.25) is 14.4 Å². The van der Waals surface area contributed by atoms with Gasteiger partial charge in [-0.25, -0.2) is 0 Å². The Balaban J connectivity index is 2.15. The van der Waals surface area contributed by atoms with Gasteiger partial charge in [0.05, 0.1) is 5.39 Å². The molecule has 6 nitrogen and oxygen atoms in total. The number of carboxylic acid groups (broad SMARTS) is 2. The lowest BCUT2D eigenvalue weighted by Gasteiger charge is -2.18. The Morgan fingerprint density at radius 2 is 1.52 bits per heavy atom. The maximum Gasteiger partial charge on any atom is 0.303 e. The first-order chi connectivity index (χ1) is 14.7. The van der Waals surface area contributed by atoms with Gasteiger partial charge in [-0.05, 0) is 41.9 Å². The Kier molecular flexibility index (Phi) is 6.90. The minimum atomic E-state index is -0.889. The molecule has 0 saturated heterocycles. The summed E-state index contributed by atoms with van der Waals surface area (Å²) in [6.45, 7) is 3.70. The van der Waals surface area contributed by atoms with Crippen LogP contribution in [0.1, 0.15) is 37.8 Å². The van der Waals surface area contributed by atoms with E-state index in [2.05, 4.69) is 0 Å². The molecule has 3 aromatic rings. The highest BCUT2D eigenvalue weighted by atomic mass is 16.4. The Bertz CT molecular complexity index is 1150. The van der Waals surface area contributed by atoms with Crippen LogP contribution in [0.25, 0.3) is 22.3 Å². The van der Waals surface area contributed by atoms with Gasteiger partial charge in [0.25, 0.3) is 0 Å². The molecular formula is C25H26O6. The molecule has 0 bridgehead atoms. The minimum Gasteiger partial charge on any atom is -0.481 e. The first-order valence-electron chi connectivity index (χ1n) is 10.3.